The first-order chi connectivity index (χ1) is 18.4. The second-order valence-electron chi connectivity index (χ2n) is 11.1. The number of hydrogen-bond acceptors (Lipinski definition) is 7. The number of nitrogens with two attached hydrogens (primary N) is 1. The van der Waals surface area contributed by atoms with Gasteiger partial charge in [-0.25, -0.2) is 0 Å². The van der Waals surface area contributed by atoms with Gasteiger partial charge in [0.15, 0.2) is 5.78 Å². The Labute approximate surface area is 225 Å². The van der Waals surface area contributed by atoms with Crippen molar-refractivity contribution in [2.24, 2.45) is 11.7 Å². The van der Waals surface area contributed by atoms with E-state index in [0.29, 0.717) is 24.3 Å². The Morgan fingerprint density at radius 3 is 2.50 bits per heavy atom. The number of amides is 2. The number of carbonyl (C=O) groups excluding carboxylic acids is 3. The number of likely N-dealkylation sites (N-methyl/N-ethyl adjacent to an activating group) is 1. The van der Waals surface area contributed by atoms with Gasteiger partial charge >= 0.3 is 0 Å². The average Bonchev–Trinajstić information content (AvgIpc) is 3.50. The van der Waals surface area contributed by atoms with Crippen LogP contribution in [0.15, 0.2) is 18.2 Å². The molecule has 2 amide bonds. The molecule has 4 fully saturated rings. The van der Waals surface area contributed by atoms with E-state index in [-0.39, 0.29) is 30.3 Å². The zero-order valence-electron chi connectivity index (χ0n) is 22.8. The summed E-state index contributed by atoms with van der Waals surface area (Å²) < 4.78 is 11.7. The van der Waals surface area contributed by atoms with Crippen molar-refractivity contribution in [3.8, 4) is 0 Å². The predicted octanol–water partition coefficient (Wildman–Crippen LogP) is 2.18. The van der Waals surface area contributed by atoms with Crippen LogP contribution in [0.1, 0.15) is 67.8 Å². The maximum atomic E-state index is 14.5. The minimum atomic E-state index is -0.632. The largest absolute Gasteiger partial charge is 0.374 e. The van der Waals surface area contributed by atoms with E-state index in [0.717, 1.165) is 70.5 Å². The van der Waals surface area contributed by atoms with E-state index in [1.165, 1.54) is 0 Å². The number of piperazine rings is 1. The minimum absolute atomic E-state index is 0.00252. The summed E-state index contributed by atoms with van der Waals surface area (Å²) in [6, 6.07) is 5.15. The summed E-state index contributed by atoms with van der Waals surface area (Å²) in [6.45, 7) is 9.66. The van der Waals surface area contributed by atoms with Gasteiger partial charge in [0.05, 0.1) is 12.5 Å². The van der Waals surface area contributed by atoms with Crippen LogP contribution in [-0.4, -0.2) is 98.1 Å². The van der Waals surface area contributed by atoms with Crippen LogP contribution in [0.5, 0.6) is 0 Å². The quantitative estimate of drug-likeness (QED) is 0.554. The third-order valence-corrected chi connectivity index (χ3v) is 9.01. The first kappa shape index (κ1) is 27.1. The molecule has 0 bridgehead atoms. The van der Waals surface area contributed by atoms with Gasteiger partial charge in [-0.15, -0.1) is 0 Å². The summed E-state index contributed by atoms with van der Waals surface area (Å²) in [5.74, 6) is -1.16. The highest BCUT2D eigenvalue weighted by molar-refractivity contribution is 5.99. The Bertz CT molecular complexity index is 1030. The Hall–Kier alpha value is -2.49. The van der Waals surface area contributed by atoms with Gasteiger partial charge < -0.3 is 29.9 Å². The first-order valence-electron chi connectivity index (χ1n) is 14.4. The molecule has 9 heteroatoms. The van der Waals surface area contributed by atoms with Crippen LogP contribution in [0.2, 0.25) is 0 Å². The summed E-state index contributed by atoms with van der Waals surface area (Å²) >= 11 is 0. The molecule has 3 aliphatic heterocycles. The van der Waals surface area contributed by atoms with Crippen LogP contribution in [0.25, 0.3) is 0 Å². The number of hydrogen-bond donors (Lipinski definition) is 1. The Morgan fingerprint density at radius 2 is 1.84 bits per heavy atom. The molecule has 2 N–H and O–H groups in total. The zero-order chi connectivity index (χ0) is 26.8. The topological polar surface area (TPSA) is 105 Å². The van der Waals surface area contributed by atoms with Gasteiger partial charge in [-0.3, -0.25) is 14.4 Å². The lowest BCUT2D eigenvalue weighted by Crippen LogP contribution is -2.47. The van der Waals surface area contributed by atoms with Crippen molar-refractivity contribution in [3.63, 3.8) is 0 Å². The van der Waals surface area contributed by atoms with Crippen LogP contribution in [0.3, 0.4) is 0 Å². The smallest absolute Gasteiger partial charge is 0.249 e. The van der Waals surface area contributed by atoms with Crippen molar-refractivity contribution in [1.29, 1.82) is 0 Å². The number of nitrogens with zero attached hydrogens (tertiary/aromatic N) is 3. The van der Waals surface area contributed by atoms with E-state index in [1.807, 2.05) is 19.1 Å². The molecular formula is C29H42N4O5. The number of carbonyl (C=O) groups is 3. The lowest BCUT2D eigenvalue weighted by Gasteiger charge is -2.37. The van der Waals surface area contributed by atoms with E-state index in [4.69, 9.17) is 15.2 Å². The molecular weight excluding hydrogens is 484 g/mol. The molecule has 3 heterocycles. The Morgan fingerprint density at radius 1 is 1.11 bits per heavy atom. The number of Topliss-reactive ketones (excluding diaryl/α,β-unsaturated/α-hetero) is 1. The number of fused-ring (bicyclic) bond motifs is 1. The highest BCUT2D eigenvalue weighted by atomic mass is 16.6. The number of primary amides is 1. The first-order valence-corrected chi connectivity index (χ1v) is 14.4. The van der Waals surface area contributed by atoms with Crippen LogP contribution in [-0.2, 0) is 19.1 Å². The van der Waals surface area contributed by atoms with Gasteiger partial charge in [0.2, 0.25) is 11.8 Å². The molecule has 4 aliphatic rings. The van der Waals surface area contributed by atoms with Gasteiger partial charge in [-0.1, -0.05) is 26.2 Å². The lowest BCUT2D eigenvalue weighted by atomic mass is 9.74. The van der Waals surface area contributed by atoms with E-state index < -0.39 is 24.0 Å². The number of anilines is 1. The number of benzene rings is 1. The number of ether oxygens (including phenoxy) is 2. The number of likely N-dealkylation sites (tertiary alicyclic amines) is 1. The fraction of sp³-hybridized carbons (Fsp3) is 0.690. The van der Waals surface area contributed by atoms with Gasteiger partial charge in [-0.05, 0) is 56.0 Å². The molecule has 0 aromatic heterocycles. The SMILES string of the molecule is CCO[C@H]1CN(C(=O)[C@H](c2cc(N3CCN(CC)CC3)ccc2C(N)=O)C2CCCCC2)[C@@H]2C(=O)CO[C@H]12. The monoisotopic (exact) mass is 526 g/mol. The molecule has 208 valence electrons. The van der Waals surface area contributed by atoms with Crippen LogP contribution in [0, 0.1) is 5.92 Å². The van der Waals surface area contributed by atoms with Gasteiger partial charge in [0.1, 0.15) is 24.9 Å². The highest BCUT2D eigenvalue weighted by Crippen LogP contribution is 2.42. The van der Waals surface area contributed by atoms with Crippen molar-refractivity contribution in [3.05, 3.63) is 29.3 Å². The molecule has 4 atom stereocenters. The molecule has 0 radical (unpaired) electrons. The fourth-order valence-corrected chi connectivity index (χ4v) is 6.99. The van der Waals surface area contributed by atoms with Crippen molar-refractivity contribution in [2.75, 3.05) is 57.4 Å². The minimum Gasteiger partial charge on any atom is -0.374 e. The fourth-order valence-electron chi connectivity index (χ4n) is 6.99. The van der Waals surface area contributed by atoms with E-state index in [1.54, 1.807) is 11.0 Å². The maximum Gasteiger partial charge on any atom is 0.249 e. The van der Waals surface area contributed by atoms with Gasteiger partial charge in [-0.2, -0.15) is 0 Å². The maximum absolute atomic E-state index is 14.5. The van der Waals surface area contributed by atoms with Gasteiger partial charge in [0.25, 0.3) is 0 Å². The molecule has 38 heavy (non-hydrogen) atoms. The third-order valence-electron chi connectivity index (χ3n) is 9.01. The second kappa shape index (κ2) is 11.7. The lowest BCUT2D eigenvalue weighted by molar-refractivity contribution is -0.139. The van der Waals surface area contributed by atoms with Crippen molar-refractivity contribution in [2.45, 2.75) is 70.1 Å². The number of rotatable bonds is 8. The average molecular weight is 527 g/mol. The standard InChI is InChI=1S/C29H42N4O5/c1-3-31-12-14-32(15-13-31)20-10-11-21(28(30)35)22(16-20)25(19-8-6-5-7-9-19)29(36)33-17-24(37-4-2)27-26(33)23(34)18-38-27/h10-11,16,19,24-27H,3-9,12-15,17-18H2,1-2H3,(H2,30,35)/t24-,25-,26+,27+/m0/s1. The van der Waals surface area contributed by atoms with Crippen LogP contribution >= 0.6 is 0 Å². The summed E-state index contributed by atoms with van der Waals surface area (Å²) in [5.41, 5.74) is 8.01. The van der Waals surface area contributed by atoms with E-state index >= 15 is 0 Å². The molecule has 1 aromatic rings. The molecule has 3 saturated heterocycles. The van der Waals surface area contributed by atoms with Crippen molar-refractivity contribution in [1.82, 2.24) is 9.80 Å². The molecule has 1 aliphatic carbocycles. The Kier molecular flexibility index (Phi) is 8.35. The molecule has 0 unspecified atom stereocenters. The third kappa shape index (κ3) is 5.20. The summed E-state index contributed by atoms with van der Waals surface area (Å²) in [7, 11) is 0. The normalized spacial score (nSPS) is 27.5. The number of ketones is 1. The highest BCUT2D eigenvalue weighted by Gasteiger charge is 2.54. The second-order valence-corrected chi connectivity index (χ2v) is 11.1. The molecule has 9 nitrogen and oxygen atoms in total. The Balaban J connectivity index is 1.52. The van der Waals surface area contributed by atoms with Crippen LogP contribution in [0.4, 0.5) is 5.69 Å². The van der Waals surface area contributed by atoms with Crippen molar-refractivity contribution >= 4 is 23.3 Å². The van der Waals surface area contributed by atoms with E-state index in [2.05, 4.69) is 16.7 Å². The molecule has 1 aromatic carbocycles. The molecule has 1 saturated carbocycles. The van der Waals surface area contributed by atoms with Crippen molar-refractivity contribution < 1.29 is 23.9 Å². The summed E-state index contributed by atoms with van der Waals surface area (Å²) in [6.07, 6.45) is 4.31. The summed E-state index contributed by atoms with van der Waals surface area (Å²) in [5, 5.41) is 0. The molecule has 0 spiro atoms. The molecule has 5 rings (SSSR count). The zero-order valence-corrected chi connectivity index (χ0v) is 22.8. The predicted molar refractivity (Wildman–Crippen MR) is 144 cm³/mol. The van der Waals surface area contributed by atoms with Crippen LogP contribution < -0.4 is 10.6 Å². The summed E-state index contributed by atoms with van der Waals surface area (Å²) in [4.78, 5) is 46.5. The van der Waals surface area contributed by atoms with E-state index in [9.17, 15) is 14.4 Å². The van der Waals surface area contributed by atoms with Gasteiger partial charge in [0, 0.05) is 44.0 Å².